The zero-order valence-electron chi connectivity index (χ0n) is 17.5. The molecule has 0 fully saturated rings. The third-order valence-corrected chi connectivity index (χ3v) is 5.57. The Labute approximate surface area is 173 Å². The number of halogens is 1. The molecule has 3 aromatic rings. The Morgan fingerprint density at radius 3 is 2.63 bits per heavy atom. The van der Waals surface area contributed by atoms with Gasteiger partial charge in [-0.1, -0.05) is 0 Å². The maximum absolute atomic E-state index is 13.7. The number of anilines is 1. The number of carbonyl (C=O) groups excluding carboxylic acids is 1. The number of benzene rings is 1. The Balaban J connectivity index is 1.72. The largest absolute Gasteiger partial charge is 0.308 e. The summed E-state index contributed by atoms with van der Waals surface area (Å²) in [6.07, 6.45) is 1.43. The molecule has 0 N–H and O–H groups in total. The molecule has 2 aromatic heterocycles. The van der Waals surface area contributed by atoms with Gasteiger partial charge >= 0.3 is 0 Å². The second kappa shape index (κ2) is 7.51. The van der Waals surface area contributed by atoms with Crippen LogP contribution in [-0.4, -0.2) is 31.5 Å². The minimum Gasteiger partial charge on any atom is -0.308 e. The van der Waals surface area contributed by atoms with Crippen molar-refractivity contribution in [2.75, 3.05) is 4.90 Å². The summed E-state index contributed by atoms with van der Waals surface area (Å²) in [5, 5.41) is 8.83. The third-order valence-electron chi connectivity index (χ3n) is 5.57. The minimum absolute atomic E-state index is 0.0622. The number of fused-ring (bicyclic) bond motifs is 1. The van der Waals surface area contributed by atoms with E-state index in [0.717, 1.165) is 23.4 Å². The Kier molecular flexibility index (Phi) is 5.01. The lowest BCUT2D eigenvalue weighted by Crippen LogP contribution is -2.47. The van der Waals surface area contributed by atoms with Crippen molar-refractivity contribution >= 4 is 11.6 Å². The molecule has 0 saturated carbocycles. The summed E-state index contributed by atoms with van der Waals surface area (Å²) < 4.78 is 16.5. The fraction of sp³-hybridized carbons (Fsp3) is 0.364. The number of nitrogens with zero attached hydrogens (tertiary/aromatic N) is 5. The Bertz CT molecular complexity index is 1180. The van der Waals surface area contributed by atoms with Gasteiger partial charge < -0.3 is 4.90 Å². The van der Waals surface area contributed by atoms with E-state index in [2.05, 4.69) is 10.2 Å². The maximum atomic E-state index is 13.7. The molecule has 0 radical (unpaired) electrons. The first-order valence-corrected chi connectivity index (χ1v) is 10.0. The van der Waals surface area contributed by atoms with Crippen LogP contribution in [0.3, 0.4) is 0 Å². The van der Waals surface area contributed by atoms with Gasteiger partial charge in [-0.25, -0.2) is 13.8 Å². The van der Waals surface area contributed by atoms with Crippen molar-refractivity contribution in [2.24, 2.45) is 0 Å². The lowest BCUT2D eigenvalue weighted by Gasteiger charge is -2.37. The van der Waals surface area contributed by atoms with Gasteiger partial charge in [-0.3, -0.25) is 9.59 Å². The van der Waals surface area contributed by atoms with Crippen LogP contribution in [0.25, 0.3) is 5.82 Å². The van der Waals surface area contributed by atoms with E-state index in [1.807, 2.05) is 26.8 Å². The maximum Gasteiger partial charge on any atom is 0.267 e. The summed E-state index contributed by atoms with van der Waals surface area (Å²) in [6, 6.07) is 8.48. The molecular formula is C22H24FN5O2. The molecule has 0 saturated heterocycles. The average molecular weight is 409 g/mol. The van der Waals surface area contributed by atoms with Crippen LogP contribution in [0, 0.1) is 19.7 Å². The van der Waals surface area contributed by atoms with Crippen LogP contribution in [0.1, 0.15) is 43.3 Å². The van der Waals surface area contributed by atoms with Gasteiger partial charge in [-0.15, -0.1) is 5.10 Å². The number of hydrogen-bond acceptors (Lipinski definition) is 4. The third kappa shape index (κ3) is 3.42. The van der Waals surface area contributed by atoms with E-state index in [4.69, 9.17) is 0 Å². The molecule has 156 valence electrons. The van der Waals surface area contributed by atoms with Crippen molar-refractivity contribution in [3.63, 3.8) is 0 Å². The van der Waals surface area contributed by atoms with E-state index in [9.17, 15) is 14.0 Å². The molecule has 2 atom stereocenters. The average Bonchev–Trinajstić information content (AvgIpc) is 3.05. The predicted octanol–water partition coefficient (Wildman–Crippen LogP) is 3.11. The second-order valence-corrected chi connectivity index (χ2v) is 7.86. The van der Waals surface area contributed by atoms with Crippen molar-refractivity contribution in [1.82, 2.24) is 19.6 Å². The Morgan fingerprint density at radius 1 is 1.17 bits per heavy atom. The first-order valence-electron chi connectivity index (χ1n) is 10.0. The van der Waals surface area contributed by atoms with E-state index in [1.54, 1.807) is 28.6 Å². The molecule has 7 nitrogen and oxygen atoms in total. The molecule has 0 aliphatic carbocycles. The van der Waals surface area contributed by atoms with Crippen LogP contribution in [0.4, 0.5) is 10.1 Å². The fourth-order valence-corrected chi connectivity index (χ4v) is 4.03. The van der Waals surface area contributed by atoms with Gasteiger partial charge in [0, 0.05) is 23.5 Å². The summed E-state index contributed by atoms with van der Waals surface area (Å²) in [5.74, 6) is -0.108. The van der Waals surface area contributed by atoms with Gasteiger partial charge in [0.1, 0.15) is 11.9 Å². The number of hydrogen-bond donors (Lipinski definition) is 0. The van der Waals surface area contributed by atoms with Gasteiger partial charge in [-0.05, 0) is 76.4 Å². The monoisotopic (exact) mass is 409 g/mol. The van der Waals surface area contributed by atoms with Crippen LogP contribution in [-0.2, 0) is 11.2 Å². The number of aryl methyl sites for hydroxylation is 3. The molecule has 0 bridgehead atoms. The highest BCUT2D eigenvalue weighted by Crippen LogP contribution is 2.32. The summed E-state index contributed by atoms with van der Waals surface area (Å²) in [5.41, 5.74) is 2.83. The van der Waals surface area contributed by atoms with E-state index in [1.165, 1.54) is 22.9 Å². The van der Waals surface area contributed by atoms with Crippen molar-refractivity contribution in [2.45, 2.75) is 52.6 Å². The number of rotatable bonds is 3. The van der Waals surface area contributed by atoms with E-state index < -0.39 is 6.04 Å². The van der Waals surface area contributed by atoms with Crippen molar-refractivity contribution < 1.29 is 9.18 Å². The van der Waals surface area contributed by atoms with Crippen molar-refractivity contribution in [3.05, 3.63) is 69.5 Å². The number of amides is 1. The highest BCUT2D eigenvalue weighted by atomic mass is 19.1. The SMILES string of the molecule is Cc1cc(C)n(-c2ccc(=O)n(C(C)C(=O)N3c4ccc(F)cc4CCC3C)n2)n1. The molecule has 4 rings (SSSR count). The number of aromatic nitrogens is 4. The van der Waals surface area contributed by atoms with E-state index >= 15 is 0 Å². The van der Waals surface area contributed by atoms with Crippen LogP contribution >= 0.6 is 0 Å². The molecule has 1 amide bonds. The molecule has 2 unspecified atom stereocenters. The van der Waals surface area contributed by atoms with Gasteiger partial charge in [0.2, 0.25) is 0 Å². The van der Waals surface area contributed by atoms with Gasteiger partial charge in [0.15, 0.2) is 5.82 Å². The second-order valence-electron chi connectivity index (χ2n) is 7.86. The van der Waals surface area contributed by atoms with Crippen LogP contribution in [0.2, 0.25) is 0 Å². The molecule has 1 aliphatic rings. The molecule has 1 aromatic carbocycles. The molecule has 8 heteroatoms. The summed E-state index contributed by atoms with van der Waals surface area (Å²) in [4.78, 5) is 27.6. The standard InChI is InChI=1S/C22H24FN5O2/c1-13-11-15(3)27(24-13)20-9-10-21(29)28(25-20)16(4)22(30)26-14(2)5-6-17-12-18(23)7-8-19(17)26/h7-12,14,16H,5-6H2,1-4H3. The molecule has 1 aliphatic heterocycles. The van der Waals surface area contributed by atoms with Crippen LogP contribution in [0.15, 0.2) is 41.2 Å². The predicted molar refractivity (Wildman–Crippen MR) is 111 cm³/mol. The molecule has 30 heavy (non-hydrogen) atoms. The summed E-state index contributed by atoms with van der Waals surface area (Å²) >= 11 is 0. The van der Waals surface area contributed by atoms with Crippen LogP contribution < -0.4 is 10.5 Å². The first-order chi connectivity index (χ1) is 14.3. The quantitative estimate of drug-likeness (QED) is 0.666. The van der Waals surface area contributed by atoms with E-state index in [-0.39, 0.29) is 23.3 Å². The lowest BCUT2D eigenvalue weighted by molar-refractivity contribution is -0.122. The van der Waals surface area contributed by atoms with Gasteiger partial charge in [-0.2, -0.15) is 5.10 Å². The smallest absolute Gasteiger partial charge is 0.267 e. The molecule has 3 heterocycles. The molecular weight excluding hydrogens is 385 g/mol. The Morgan fingerprint density at radius 2 is 1.93 bits per heavy atom. The highest BCUT2D eigenvalue weighted by molar-refractivity contribution is 5.97. The topological polar surface area (TPSA) is 73.0 Å². The highest BCUT2D eigenvalue weighted by Gasteiger charge is 2.32. The lowest BCUT2D eigenvalue weighted by atomic mass is 9.95. The minimum atomic E-state index is -0.826. The van der Waals surface area contributed by atoms with Gasteiger partial charge in [0.05, 0.1) is 5.69 Å². The Hall–Kier alpha value is -3.29. The normalized spacial score (nSPS) is 17.0. The van der Waals surface area contributed by atoms with Crippen molar-refractivity contribution in [3.8, 4) is 5.82 Å². The summed E-state index contributed by atoms with van der Waals surface area (Å²) in [6.45, 7) is 7.40. The first kappa shape index (κ1) is 20.0. The number of carbonyl (C=O) groups is 1. The van der Waals surface area contributed by atoms with Crippen molar-refractivity contribution in [1.29, 1.82) is 0 Å². The van der Waals surface area contributed by atoms with Crippen LogP contribution in [0.5, 0.6) is 0 Å². The fourth-order valence-electron chi connectivity index (χ4n) is 4.03. The summed E-state index contributed by atoms with van der Waals surface area (Å²) in [7, 11) is 0. The van der Waals surface area contributed by atoms with Gasteiger partial charge in [0.25, 0.3) is 11.5 Å². The zero-order chi connectivity index (χ0) is 21.6. The molecule has 0 spiro atoms. The zero-order valence-corrected chi connectivity index (χ0v) is 17.5. The van der Waals surface area contributed by atoms with E-state index in [0.29, 0.717) is 17.9 Å².